The molecule has 1 fully saturated rings. The van der Waals surface area contributed by atoms with E-state index in [9.17, 15) is 9.18 Å². The van der Waals surface area contributed by atoms with Gasteiger partial charge < -0.3 is 15.4 Å². The minimum atomic E-state index is -0.252. The second-order valence-electron chi connectivity index (χ2n) is 5.17. The van der Waals surface area contributed by atoms with Crippen LogP contribution in [-0.4, -0.2) is 25.6 Å². The summed E-state index contributed by atoms with van der Waals surface area (Å²) in [4.78, 5) is 13.1. The van der Waals surface area contributed by atoms with Crippen LogP contribution in [0.4, 0.5) is 10.1 Å². The van der Waals surface area contributed by atoms with Crippen LogP contribution in [0.2, 0.25) is 0 Å². The molecule has 1 saturated heterocycles. The molecular formula is C14H17FN2O2. The standard InChI is InChI=1S/C14H17FN2O2/c15-11-8-13-10(3-6-19-13)7-12(11)17-4-1-9(2-5-17)14(16)18/h7-9H,1-6H2,(H2,16,18). The van der Waals surface area contributed by atoms with Crippen molar-refractivity contribution in [3.63, 3.8) is 0 Å². The molecule has 2 heterocycles. The minimum absolute atomic E-state index is 0.0722. The van der Waals surface area contributed by atoms with Crippen LogP contribution in [-0.2, 0) is 11.2 Å². The Balaban J connectivity index is 1.78. The minimum Gasteiger partial charge on any atom is -0.493 e. The van der Waals surface area contributed by atoms with Crippen molar-refractivity contribution < 1.29 is 13.9 Å². The molecule has 4 nitrogen and oxygen atoms in total. The topological polar surface area (TPSA) is 55.6 Å². The first-order valence-electron chi connectivity index (χ1n) is 6.64. The van der Waals surface area contributed by atoms with Crippen molar-refractivity contribution in [3.05, 3.63) is 23.5 Å². The number of rotatable bonds is 2. The quantitative estimate of drug-likeness (QED) is 0.880. The van der Waals surface area contributed by atoms with Gasteiger partial charge in [0.1, 0.15) is 11.6 Å². The number of ether oxygens (including phenoxy) is 1. The summed E-state index contributed by atoms with van der Waals surface area (Å²) in [7, 11) is 0. The number of halogens is 1. The average molecular weight is 264 g/mol. The lowest BCUT2D eigenvalue weighted by atomic mass is 9.95. The molecule has 2 N–H and O–H groups in total. The SMILES string of the molecule is NC(=O)C1CCN(c2cc3c(cc2F)OCC3)CC1. The molecule has 0 aliphatic carbocycles. The van der Waals surface area contributed by atoms with Crippen molar-refractivity contribution in [2.24, 2.45) is 11.7 Å². The van der Waals surface area contributed by atoms with Gasteiger partial charge in [0.25, 0.3) is 0 Å². The predicted molar refractivity (Wildman–Crippen MR) is 69.7 cm³/mol. The first-order chi connectivity index (χ1) is 9.15. The molecule has 1 aromatic rings. The van der Waals surface area contributed by atoms with Gasteiger partial charge in [-0.3, -0.25) is 4.79 Å². The van der Waals surface area contributed by atoms with Gasteiger partial charge in [-0.05, 0) is 24.5 Å². The van der Waals surface area contributed by atoms with Gasteiger partial charge in [0.2, 0.25) is 5.91 Å². The van der Waals surface area contributed by atoms with Crippen molar-refractivity contribution in [2.45, 2.75) is 19.3 Å². The zero-order chi connectivity index (χ0) is 13.4. The maximum Gasteiger partial charge on any atom is 0.220 e. The van der Waals surface area contributed by atoms with Crippen LogP contribution < -0.4 is 15.4 Å². The molecule has 1 aromatic carbocycles. The number of amides is 1. The molecule has 3 rings (SSSR count). The monoisotopic (exact) mass is 264 g/mol. The van der Waals surface area contributed by atoms with E-state index in [0.29, 0.717) is 44.0 Å². The maximum atomic E-state index is 14.1. The molecule has 0 saturated carbocycles. The van der Waals surface area contributed by atoms with E-state index in [4.69, 9.17) is 10.5 Å². The predicted octanol–water partition coefficient (Wildman–Crippen LogP) is 1.46. The van der Waals surface area contributed by atoms with Crippen molar-refractivity contribution in [2.75, 3.05) is 24.6 Å². The molecule has 2 aliphatic rings. The number of benzene rings is 1. The summed E-state index contributed by atoms with van der Waals surface area (Å²) in [5.41, 5.74) is 6.99. The van der Waals surface area contributed by atoms with Gasteiger partial charge in [-0.2, -0.15) is 0 Å². The van der Waals surface area contributed by atoms with Crippen LogP contribution in [0.3, 0.4) is 0 Å². The summed E-state index contributed by atoms with van der Waals surface area (Å²) in [6, 6.07) is 3.35. The highest BCUT2D eigenvalue weighted by atomic mass is 19.1. The molecule has 0 spiro atoms. The molecular weight excluding hydrogens is 247 g/mol. The summed E-state index contributed by atoms with van der Waals surface area (Å²) in [6.45, 7) is 1.97. The lowest BCUT2D eigenvalue weighted by Gasteiger charge is -2.32. The van der Waals surface area contributed by atoms with E-state index in [1.807, 2.05) is 11.0 Å². The Bertz CT molecular complexity index is 510. The number of hydrogen-bond acceptors (Lipinski definition) is 3. The first kappa shape index (κ1) is 12.3. The van der Waals surface area contributed by atoms with E-state index >= 15 is 0 Å². The molecule has 5 heteroatoms. The summed E-state index contributed by atoms with van der Waals surface area (Å²) in [5, 5.41) is 0. The van der Waals surface area contributed by atoms with E-state index < -0.39 is 0 Å². The van der Waals surface area contributed by atoms with Gasteiger partial charge in [-0.25, -0.2) is 4.39 Å². The van der Waals surface area contributed by atoms with Crippen molar-refractivity contribution in [1.82, 2.24) is 0 Å². The van der Waals surface area contributed by atoms with Crippen LogP contribution >= 0.6 is 0 Å². The number of anilines is 1. The molecule has 0 bridgehead atoms. The fourth-order valence-corrected chi connectivity index (χ4v) is 2.83. The van der Waals surface area contributed by atoms with Crippen molar-refractivity contribution in [1.29, 1.82) is 0 Å². The van der Waals surface area contributed by atoms with E-state index in [1.54, 1.807) is 0 Å². The van der Waals surface area contributed by atoms with E-state index in [2.05, 4.69) is 0 Å². The van der Waals surface area contributed by atoms with E-state index in [0.717, 1.165) is 12.0 Å². The van der Waals surface area contributed by atoms with Gasteiger partial charge in [0.15, 0.2) is 0 Å². The van der Waals surface area contributed by atoms with Gasteiger partial charge in [-0.1, -0.05) is 0 Å². The largest absolute Gasteiger partial charge is 0.493 e. The third kappa shape index (κ3) is 2.25. The van der Waals surface area contributed by atoms with Crippen LogP contribution in [0.25, 0.3) is 0 Å². The highest BCUT2D eigenvalue weighted by Crippen LogP contribution is 2.34. The number of primary amides is 1. The third-order valence-electron chi connectivity index (χ3n) is 4.00. The molecule has 0 radical (unpaired) electrons. The van der Waals surface area contributed by atoms with Crippen molar-refractivity contribution >= 4 is 11.6 Å². The highest BCUT2D eigenvalue weighted by molar-refractivity contribution is 5.77. The molecule has 0 atom stereocenters. The number of carbonyl (C=O) groups is 1. The molecule has 1 amide bonds. The summed E-state index contributed by atoms with van der Waals surface area (Å²) >= 11 is 0. The maximum absolute atomic E-state index is 14.1. The molecule has 2 aliphatic heterocycles. The second kappa shape index (κ2) is 4.72. The lowest BCUT2D eigenvalue weighted by Crippen LogP contribution is -2.38. The smallest absolute Gasteiger partial charge is 0.220 e. The van der Waals surface area contributed by atoms with Gasteiger partial charge in [0.05, 0.1) is 12.3 Å². The van der Waals surface area contributed by atoms with Crippen LogP contribution in [0.5, 0.6) is 5.75 Å². The summed E-state index contributed by atoms with van der Waals surface area (Å²) in [6.07, 6.45) is 2.23. The Morgan fingerprint density at radius 2 is 2.11 bits per heavy atom. The summed E-state index contributed by atoms with van der Waals surface area (Å²) in [5.74, 6) is 0.0889. The van der Waals surface area contributed by atoms with Gasteiger partial charge in [0, 0.05) is 31.5 Å². The number of piperidine rings is 1. The van der Waals surface area contributed by atoms with Gasteiger partial charge in [-0.15, -0.1) is 0 Å². The first-order valence-corrected chi connectivity index (χ1v) is 6.64. The van der Waals surface area contributed by atoms with Crippen LogP contribution in [0, 0.1) is 11.7 Å². The number of hydrogen-bond donors (Lipinski definition) is 1. The Morgan fingerprint density at radius 1 is 1.37 bits per heavy atom. The molecule has 19 heavy (non-hydrogen) atoms. The lowest BCUT2D eigenvalue weighted by molar-refractivity contribution is -0.122. The third-order valence-corrected chi connectivity index (χ3v) is 4.00. The van der Waals surface area contributed by atoms with E-state index in [-0.39, 0.29) is 17.6 Å². The fourth-order valence-electron chi connectivity index (χ4n) is 2.83. The normalized spacial score (nSPS) is 19.1. The van der Waals surface area contributed by atoms with Crippen LogP contribution in [0.1, 0.15) is 18.4 Å². The molecule has 0 aromatic heterocycles. The van der Waals surface area contributed by atoms with Gasteiger partial charge >= 0.3 is 0 Å². The zero-order valence-corrected chi connectivity index (χ0v) is 10.7. The second-order valence-corrected chi connectivity index (χ2v) is 5.17. The number of nitrogens with zero attached hydrogens (tertiary/aromatic N) is 1. The Morgan fingerprint density at radius 3 is 2.79 bits per heavy atom. The Kier molecular flexibility index (Phi) is 3.05. The Hall–Kier alpha value is -1.78. The number of carbonyl (C=O) groups excluding carboxylic acids is 1. The summed E-state index contributed by atoms with van der Waals surface area (Å²) < 4.78 is 19.4. The molecule has 102 valence electrons. The number of nitrogens with two attached hydrogens (primary N) is 1. The zero-order valence-electron chi connectivity index (χ0n) is 10.7. The van der Waals surface area contributed by atoms with Crippen LogP contribution in [0.15, 0.2) is 12.1 Å². The molecule has 0 unspecified atom stereocenters. The fraction of sp³-hybridized carbons (Fsp3) is 0.500. The highest BCUT2D eigenvalue weighted by Gasteiger charge is 2.26. The average Bonchev–Trinajstić information content (AvgIpc) is 2.85. The van der Waals surface area contributed by atoms with E-state index in [1.165, 1.54) is 6.07 Å². The number of fused-ring (bicyclic) bond motifs is 1. The van der Waals surface area contributed by atoms with Crippen molar-refractivity contribution in [3.8, 4) is 5.75 Å². The Labute approximate surface area is 111 Å².